The van der Waals surface area contributed by atoms with Crippen LogP contribution in [0, 0.1) is 0 Å². The Labute approximate surface area is 111 Å². The summed E-state index contributed by atoms with van der Waals surface area (Å²) in [5.74, 6) is -0.500. The molecule has 19 heavy (non-hydrogen) atoms. The van der Waals surface area contributed by atoms with Gasteiger partial charge >= 0.3 is 0 Å². The minimum atomic E-state index is -0.500. The van der Waals surface area contributed by atoms with Crippen molar-refractivity contribution < 1.29 is 9.53 Å². The maximum atomic E-state index is 11.4. The number of nitrogens with zero attached hydrogens (tertiary/aromatic N) is 2. The van der Waals surface area contributed by atoms with Crippen LogP contribution in [0.4, 0.5) is 5.69 Å². The first kappa shape index (κ1) is 11.9. The summed E-state index contributed by atoms with van der Waals surface area (Å²) in [5.41, 5.74) is 7.46. The standard InChI is InChI=1S/C14H15N3O2/c15-14(18)12-9-13(17-5-7-19-8-6-17)10-3-1-2-4-11(10)16-12/h1-4,9H,5-8H2,(H2,15,18). The zero-order chi connectivity index (χ0) is 13.2. The van der Waals surface area contributed by atoms with E-state index in [-0.39, 0.29) is 0 Å². The van der Waals surface area contributed by atoms with Crippen molar-refractivity contribution in [2.75, 3.05) is 31.2 Å². The Hall–Kier alpha value is -2.14. The molecule has 0 atom stereocenters. The Bertz CT molecular complexity index is 621. The molecule has 1 aromatic carbocycles. The van der Waals surface area contributed by atoms with Crippen molar-refractivity contribution in [2.24, 2.45) is 5.73 Å². The van der Waals surface area contributed by atoms with Gasteiger partial charge in [-0.2, -0.15) is 0 Å². The molecule has 0 aliphatic carbocycles. The number of carbonyl (C=O) groups is 1. The number of rotatable bonds is 2. The van der Waals surface area contributed by atoms with Crippen LogP contribution >= 0.6 is 0 Å². The normalized spacial score (nSPS) is 15.7. The van der Waals surface area contributed by atoms with Gasteiger partial charge in [-0.3, -0.25) is 4.79 Å². The molecule has 2 heterocycles. The quantitative estimate of drug-likeness (QED) is 0.877. The third kappa shape index (κ3) is 2.24. The minimum absolute atomic E-state index is 0.306. The molecule has 98 valence electrons. The summed E-state index contributed by atoms with van der Waals surface area (Å²) < 4.78 is 5.36. The minimum Gasteiger partial charge on any atom is -0.378 e. The van der Waals surface area contributed by atoms with Gasteiger partial charge in [0.15, 0.2) is 0 Å². The Balaban J connectivity index is 2.16. The van der Waals surface area contributed by atoms with Gasteiger partial charge in [0.1, 0.15) is 5.69 Å². The van der Waals surface area contributed by atoms with E-state index in [2.05, 4.69) is 9.88 Å². The number of para-hydroxylation sites is 1. The highest BCUT2D eigenvalue weighted by atomic mass is 16.5. The molecule has 3 rings (SSSR count). The van der Waals surface area contributed by atoms with Crippen LogP contribution in [0.25, 0.3) is 10.9 Å². The number of nitrogens with two attached hydrogens (primary N) is 1. The van der Waals surface area contributed by atoms with Crippen molar-refractivity contribution in [1.29, 1.82) is 0 Å². The fourth-order valence-electron chi connectivity index (χ4n) is 2.35. The second-order valence-corrected chi connectivity index (χ2v) is 4.51. The van der Waals surface area contributed by atoms with Crippen molar-refractivity contribution in [3.05, 3.63) is 36.0 Å². The smallest absolute Gasteiger partial charge is 0.267 e. The SMILES string of the molecule is NC(=O)c1cc(N2CCOCC2)c2ccccc2n1. The second-order valence-electron chi connectivity index (χ2n) is 4.51. The first-order valence-electron chi connectivity index (χ1n) is 6.28. The zero-order valence-corrected chi connectivity index (χ0v) is 10.5. The van der Waals surface area contributed by atoms with Crippen LogP contribution in [0.15, 0.2) is 30.3 Å². The summed E-state index contributed by atoms with van der Waals surface area (Å²) in [5, 5.41) is 1.04. The molecule has 1 saturated heterocycles. The molecule has 5 heteroatoms. The molecule has 2 aromatic rings. The topological polar surface area (TPSA) is 68.5 Å². The molecule has 5 nitrogen and oxygen atoms in total. The van der Waals surface area contributed by atoms with Gasteiger partial charge in [0.25, 0.3) is 5.91 Å². The lowest BCUT2D eigenvalue weighted by Gasteiger charge is -2.30. The lowest BCUT2D eigenvalue weighted by Crippen LogP contribution is -2.36. The van der Waals surface area contributed by atoms with Gasteiger partial charge in [-0.1, -0.05) is 18.2 Å². The lowest BCUT2D eigenvalue weighted by atomic mass is 10.1. The fourth-order valence-corrected chi connectivity index (χ4v) is 2.35. The van der Waals surface area contributed by atoms with E-state index in [9.17, 15) is 4.79 Å². The van der Waals surface area contributed by atoms with Gasteiger partial charge in [-0.05, 0) is 12.1 Å². The number of morpholine rings is 1. The van der Waals surface area contributed by atoms with E-state index in [0.29, 0.717) is 18.9 Å². The average Bonchev–Trinajstić information content (AvgIpc) is 2.47. The van der Waals surface area contributed by atoms with Crippen LogP contribution in [-0.4, -0.2) is 37.2 Å². The molecule has 1 amide bonds. The zero-order valence-electron chi connectivity index (χ0n) is 10.5. The third-order valence-electron chi connectivity index (χ3n) is 3.30. The first-order valence-corrected chi connectivity index (χ1v) is 6.28. The highest BCUT2D eigenvalue weighted by Crippen LogP contribution is 2.27. The van der Waals surface area contributed by atoms with Crippen LogP contribution in [0.2, 0.25) is 0 Å². The van der Waals surface area contributed by atoms with Crippen LogP contribution < -0.4 is 10.6 Å². The number of pyridine rings is 1. The molecule has 0 spiro atoms. The fraction of sp³-hybridized carbons (Fsp3) is 0.286. The lowest BCUT2D eigenvalue weighted by molar-refractivity contribution is 0.0996. The molecule has 0 saturated carbocycles. The molecule has 0 bridgehead atoms. The largest absolute Gasteiger partial charge is 0.378 e. The number of anilines is 1. The Morgan fingerprint density at radius 2 is 2.00 bits per heavy atom. The number of fused-ring (bicyclic) bond motifs is 1. The molecular formula is C14H15N3O2. The average molecular weight is 257 g/mol. The van der Waals surface area contributed by atoms with Crippen LogP contribution in [0.5, 0.6) is 0 Å². The van der Waals surface area contributed by atoms with Crippen molar-refractivity contribution in [3.8, 4) is 0 Å². The molecule has 2 N–H and O–H groups in total. The highest BCUT2D eigenvalue weighted by Gasteiger charge is 2.16. The summed E-state index contributed by atoms with van der Waals surface area (Å²) in [7, 11) is 0. The predicted molar refractivity (Wildman–Crippen MR) is 73.3 cm³/mol. The van der Waals surface area contributed by atoms with Gasteiger partial charge in [0.2, 0.25) is 0 Å². The van der Waals surface area contributed by atoms with Gasteiger partial charge in [0, 0.05) is 24.2 Å². The summed E-state index contributed by atoms with van der Waals surface area (Å²) in [6.07, 6.45) is 0. The van der Waals surface area contributed by atoms with Gasteiger partial charge in [-0.25, -0.2) is 4.98 Å². The van der Waals surface area contributed by atoms with Crippen molar-refractivity contribution >= 4 is 22.5 Å². The summed E-state index contributed by atoms with van der Waals surface area (Å²) in [6, 6.07) is 9.56. The Kier molecular flexibility index (Phi) is 3.05. The van der Waals surface area contributed by atoms with E-state index in [0.717, 1.165) is 29.7 Å². The van der Waals surface area contributed by atoms with Crippen LogP contribution in [-0.2, 0) is 4.74 Å². The number of carbonyl (C=O) groups excluding carboxylic acids is 1. The number of benzene rings is 1. The number of ether oxygens (including phenoxy) is 1. The number of aromatic nitrogens is 1. The first-order chi connectivity index (χ1) is 9.25. The molecule has 1 fully saturated rings. The van der Waals surface area contributed by atoms with Crippen LogP contribution in [0.1, 0.15) is 10.5 Å². The Morgan fingerprint density at radius 1 is 1.26 bits per heavy atom. The molecular weight excluding hydrogens is 242 g/mol. The Morgan fingerprint density at radius 3 is 2.74 bits per heavy atom. The number of primary amides is 1. The van der Waals surface area contributed by atoms with Gasteiger partial charge in [0.05, 0.1) is 18.7 Å². The van der Waals surface area contributed by atoms with E-state index in [1.54, 1.807) is 6.07 Å². The van der Waals surface area contributed by atoms with E-state index in [1.807, 2.05) is 24.3 Å². The summed E-state index contributed by atoms with van der Waals surface area (Å²) in [6.45, 7) is 3.02. The number of hydrogen-bond donors (Lipinski definition) is 1. The third-order valence-corrected chi connectivity index (χ3v) is 3.30. The molecule has 0 unspecified atom stereocenters. The number of hydrogen-bond acceptors (Lipinski definition) is 4. The summed E-state index contributed by atoms with van der Waals surface area (Å²) >= 11 is 0. The number of amides is 1. The monoisotopic (exact) mass is 257 g/mol. The van der Waals surface area contributed by atoms with Gasteiger partial charge < -0.3 is 15.4 Å². The highest BCUT2D eigenvalue weighted by molar-refractivity contribution is 5.99. The molecule has 1 aromatic heterocycles. The van der Waals surface area contributed by atoms with E-state index in [1.165, 1.54) is 0 Å². The van der Waals surface area contributed by atoms with Crippen molar-refractivity contribution in [1.82, 2.24) is 4.98 Å². The van der Waals surface area contributed by atoms with Crippen molar-refractivity contribution in [2.45, 2.75) is 0 Å². The van der Waals surface area contributed by atoms with E-state index >= 15 is 0 Å². The summed E-state index contributed by atoms with van der Waals surface area (Å²) in [4.78, 5) is 17.9. The molecule has 0 radical (unpaired) electrons. The maximum Gasteiger partial charge on any atom is 0.267 e. The maximum absolute atomic E-state index is 11.4. The second kappa shape index (κ2) is 4.85. The van der Waals surface area contributed by atoms with E-state index < -0.39 is 5.91 Å². The van der Waals surface area contributed by atoms with E-state index in [4.69, 9.17) is 10.5 Å². The molecule has 1 aliphatic rings. The van der Waals surface area contributed by atoms with Crippen LogP contribution in [0.3, 0.4) is 0 Å². The molecule has 1 aliphatic heterocycles. The van der Waals surface area contributed by atoms with Crippen molar-refractivity contribution in [3.63, 3.8) is 0 Å². The predicted octanol–water partition coefficient (Wildman–Crippen LogP) is 1.17. The van der Waals surface area contributed by atoms with Gasteiger partial charge in [-0.15, -0.1) is 0 Å².